The molecule has 458 valence electrons. The van der Waals surface area contributed by atoms with Crippen molar-refractivity contribution in [3.8, 4) is 0 Å². The third-order valence-corrected chi connectivity index (χ3v) is 16.6. The molecule has 0 aromatic rings. The van der Waals surface area contributed by atoms with Crippen LogP contribution in [0.2, 0.25) is 0 Å². The molecule has 1 rings (SSSR count). The van der Waals surface area contributed by atoms with Gasteiger partial charge in [-0.1, -0.05) is 309 Å². The number of carbonyl (C=O) groups excluding carboxylic acids is 1. The van der Waals surface area contributed by atoms with Crippen LogP contribution in [0, 0.1) is 0 Å². The van der Waals surface area contributed by atoms with Crippen LogP contribution in [0.3, 0.4) is 0 Å². The smallest absolute Gasteiger partial charge is 0.249 e. The molecule has 0 aromatic heterocycles. The molecule has 11 heteroatoms. The van der Waals surface area contributed by atoms with Gasteiger partial charge in [-0.05, 0) is 38.5 Å². The highest BCUT2D eigenvalue weighted by atomic mass is 16.7. The van der Waals surface area contributed by atoms with Gasteiger partial charge in [0.25, 0.3) is 0 Å². The van der Waals surface area contributed by atoms with Crippen LogP contribution in [0.15, 0.2) is 12.2 Å². The maximum Gasteiger partial charge on any atom is 0.249 e. The van der Waals surface area contributed by atoms with Gasteiger partial charge in [-0.2, -0.15) is 0 Å². The Balaban J connectivity index is 2.22. The summed E-state index contributed by atoms with van der Waals surface area (Å²) in [7, 11) is 0. The number of rotatable bonds is 59. The second-order valence-corrected chi connectivity index (χ2v) is 23.9. The molecule has 0 aromatic carbocycles. The van der Waals surface area contributed by atoms with Gasteiger partial charge in [0.15, 0.2) is 6.29 Å². The molecule has 0 saturated carbocycles. The average Bonchev–Trinajstić information content (AvgIpc) is 3.43. The van der Waals surface area contributed by atoms with Crippen LogP contribution < -0.4 is 5.32 Å². The van der Waals surface area contributed by atoms with Crippen molar-refractivity contribution < 1.29 is 50.0 Å². The van der Waals surface area contributed by atoms with Gasteiger partial charge in [0.2, 0.25) is 5.91 Å². The van der Waals surface area contributed by atoms with E-state index in [0.717, 1.165) is 38.5 Å². The number of amides is 1. The van der Waals surface area contributed by atoms with E-state index in [1.165, 1.54) is 257 Å². The number of unbranched alkanes of at least 4 members (excludes halogenated alkanes) is 45. The van der Waals surface area contributed by atoms with Gasteiger partial charge < -0.3 is 50.5 Å². The van der Waals surface area contributed by atoms with Crippen molar-refractivity contribution in [3.63, 3.8) is 0 Å². The first-order chi connectivity index (χ1) is 37.7. The Kier molecular flexibility index (Phi) is 53.1. The number of ether oxygens (including phenoxy) is 2. The topological polar surface area (TPSA) is 189 Å². The lowest BCUT2D eigenvalue weighted by atomic mass is 9.98. The summed E-state index contributed by atoms with van der Waals surface area (Å²) in [4.78, 5) is 13.2. The number of allylic oxidation sites excluding steroid dienone is 2. The molecule has 0 radical (unpaired) electrons. The highest BCUT2D eigenvalue weighted by molar-refractivity contribution is 5.80. The quantitative estimate of drug-likeness (QED) is 0.0215. The van der Waals surface area contributed by atoms with Crippen molar-refractivity contribution in [2.45, 2.75) is 390 Å². The van der Waals surface area contributed by atoms with Crippen molar-refractivity contribution in [1.29, 1.82) is 0 Å². The second kappa shape index (κ2) is 55.4. The lowest BCUT2D eigenvalue weighted by molar-refractivity contribution is -0.303. The molecular weight excluding hydrogens is 967 g/mol. The van der Waals surface area contributed by atoms with E-state index in [0.29, 0.717) is 19.3 Å². The number of aliphatic hydroxyl groups is 7. The Bertz CT molecular complexity index is 1260. The molecule has 1 fully saturated rings. The standard InChI is InChI=1S/C66H129NO10/c1-3-5-7-9-11-13-15-17-19-21-23-25-27-28-29-30-31-32-34-36-38-40-42-44-46-48-50-52-54-59(70)65(75)67-57(56-76-66-64(74)63(73)62(72)60(55-68)77-66)61(71)58(69)53-51-49-47-45-43-41-39-37-35-33-26-24-22-20-18-16-14-12-10-8-6-4-2/h28-29,57-64,66,68-74H,3-27,30-56H2,1-2H3,(H,67,75)/b29-28-. The van der Waals surface area contributed by atoms with Crippen LogP contribution in [0.1, 0.15) is 335 Å². The van der Waals surface area contributed by atoms with E-state index >= 15 is 0 Å². The summed E-state index contributed by atoms with van der Waals surface area (Å²) in [6.07, 6.45) is 55.6. The van der Waals surface area contributed by atoms with Gasteiger partial charge in [-0.15, -0.1) is 0 Å². The fourth-order valence-electron chi connectivity index (χ4n) is 11.1. The number of carbonyl (C=O) groups is 1. The molecule has 0 bridgehead atoms. The minimum Gasteiger partial charge on any atom is -0.394 e. The summed E-state index contributed by atoms with van der Waals surface area (Å²) in [5.74, 6) is -0.690. The van der Waals surface area contributed by atoms with Gasteiger partial charge in [-0.25, -0.2) is 0 Å². The van der Waals surface area contributed by atoms with Gasteiger partial charge in [0, 0.05) is 0 Å². The van der Waals surface area contributed by atoms with Crippen molar-refractivity contribution >= 4 is 5.91 Å². The Morgan fingerprint density at radius 3 is 1.09 bits per heavy atom. The van der Waals surface area contributed by atoms with Crippen LogP contribution in [0.4, 0.5) is 0 Å². The third-order valence-electron chi connectivity index (χ3n) is 16.6. The first kappa shape index (κ1) is 73.9. The number of hydrogen-bond acceptors (Lipinski definition) is 10. The van der Waals surface area contributed by atoms with E-state index in [2.05, 4.69) is 31.3 Å². The van der Waals surface area contributed by atoms with Crippen molar-refractivity contribution in [2.75, 3.05) is 13.2 Å². The van der Waals surface area contributed by atoms with E-state index < -0.39 is 74.2 Å². The molecular formula is C66H129NO10. The second-order valence-electron chi connectivity index (χ2n) is 23.9. The largest absolute Gasteiger partial charge is 0.394 e. The summed E-state index contributed by atoms with van der Waals surface area (Å²) in [6.45, 7) is 3.51. The molecule has 9 unspecified atom stereocenters. The Hall–Kier alpha value is -1.15. The first-order valence-electron chi connectivity index (χ1n) is 33.6. The summed E-state index contributed by atoms with van der Waals surface area (Å²) in [5.41, 5.74) is 0. The van der Waals surface area contributed by atoms with Crippen LogP contribution in [-0.2, 0) is 14.3 Å². The van der Waals surface area contributed by atoms with Crippen molar-refractivity contribution in [1.82, 2.24) is 5.32 Å². The normalized spacial score (nSPS) is 19.5. The molecule has 11 nitrogen and oxygen atoms in total. The lowest BCUT2D eigenvalue weighted by Gasteiger charge is -2.40. The van der Waals surface area contributed by atoms with E-state index in [1.807, 2.05) is 0 Å². The molecule has 0 spiro atoms. The lowest BCUT2D eigenvalue weighted by Crippen LogP contribution is -2.60. The van der Waals surface area contributed by atoms with Crippen molar-refractivity contribution in [3.05, 3.63) is 12.2 Å². The van der Waals surface area contributed by atoms with Crippen LogP contribution >= 0.6 is 0 Å². The molecule has 1 aliphatic heterocycles. The molecule has 9 atom stereocenters. The predicted molar refractivity (Wildman–Crippen MR) is 321 cm³/mol. The highest BCUT2D eigenvalue weighted by Gasteiger charge is 2.44. The Morgan fingerprint density at radius 1 is 0.442 bits per heavy atom. The minimum atomic E-state index is -1.66. The Labute approximate surface area is 474 Å². The number of aliphatic hydroxyl groups excluding tert-OH is 7. The molecule has 1 heterocycles. The summed E-state index contributed by atoms with van der Waals surface area (Å²) >= 11 is 0. The summed E-state index contributed by atoms with van der Waals surface area (Å²) in [6, 6.07) is -1.17. The van der Waals surface area contributed by atoms with E-state index in [-0.39, 0.29) is 6.42 Å². The maximum absolute atomic E-state index is 13.2. The molecule has 77 heavy (non-hydrogen) atoms. The zero-order chi connectivity index (χ0) is 56.1. The fourth-order valence-corrected chi connectivity index (χ4v) is 11.1. The monoisotopic (exact) mass is 1100 g/mol. The maximum atomic E-state index is 13.2. The summed E-state index contributed by atoms with van der Waals surface area (Å²) in [5, 5.41) is 76.5. The van der Waals surface area contributed by atoms with Gasteiger partial charge >= 0.3 is 0 Å². The molecule has 1 saturated heterocycles. The number of nitrogens with one attached hydrogen (secondary N) is 1. The minimum absolute atomic E-state index is 0.263. The van der Waals surface area contributed by atoms with Gasteiger partial charge in [0.05, 0.1) is 25.4 Å². The van der Waals surface area contributed by atoms with Crippen LogP contribution in [-0.4, -0.2) is 110 Å². The average molecular weight is 1100 g/mol. The number of hydrogen-bond donors (Lipinski definition) is 8. The predicted octanol–water partition coefficient (Wildman–Crippen LogP) is 15.5. The fraction of sp³-hybridized carbons (Fsp3) is 0.955. The summed E-state index contributed by atoms with van der Waals surface area (Å²) < 4.78 is 11.2. The third kappa shape index (κ3) is 43.2. The molecule has 0 aliphatic carbocycles. The highest BCUT2D eigenvalue weighted by Crippen LogP contribution is 2.24. The van der Waals surface area contributed by atoms with Gasteiger partial charge in [0.1, 0.15) is 36.6 Å². The SMILES string of the molecule is CCCCCCCCCCCCCC/C=C\CCCCCCCCCCCCCCC(O)C(=O)NC(COC1OC(CO)C(O)C(O)C1O)C(O)C(O)CCCCCCCCCCCCCCCCCCCCCCCC. The zero-order valence-electron chi connectivity index (χ0n) is 50.5. The zero-order valence-corrected chi connectivity index (χ0v) is 50.5. The van der Waals surface area contributed by atoms with E-state index in [4.69, 9.17) is 9.47 Å². The van der Waals surface area contributed by atoms with Crippen molar-refractivity contribution in [2.24, 2.45) is 0 Å². The van der Waals surface area contributed by atoms with E-state index in [1.54, 1.807) is 0 Å². The molecule has 1 aliphatic rings. The molecule has 8 N–H and O–H groups in total. The molecule has 1 amide bonds. The Morgan fingerprint density at radius 2 is 0.753 bits per heavy atom. The van der Waals surface area contributed by atoms with Crippen LogP contribution in [0.25, 0.3) is 0 Å². The van der Waals surface area contributed by atoms with E-state index in [9.17, 15) is 40.5 Å². The van der Waals surface area contributed by atoms with Gasteiger partial charge in [-0.3, -0.25) is 4.79 Å². The first-order valence-corrected chi connectivity index (χ1v) is 33.6. The van der Waals surface area contributed by atoms with Crippen LogP contribution in [0.5, 0.6) is 0 Å².